The fourth-order valence-corrected chi connectivity index (χ4v) is 2.60. The van der Waals surface area contributed by atoms with Gasteiger partial charge < -0.3 is 5.32 Å². The molecule has 0 saturated carbocycles. The van der Waals surface area contributed by atoms with Crippen molar-refractivity contribution < 1.29 is 8.42 Å². The van der Waals surface area contributed by atoms with Crippen molar-refractivity contribution in [2.45, 2.75) is 33.1 Å². The third-order valence-electron chi connectivity index (χ3n) is 2.79. The molecular weight excluding hydrogens is 250 g/mol. The van der Waals surface area contributed by atoms with Crippen LogP contribution >= 0.6 is 0 Å². The average molecular weight is 273 g/mol. The molecule has 104 valence electrons. The second kappa shape index (κ2) is 6.22. The molecule has 6 heteroatoms. The summed E-state index contributed by atoms with van der Waals surface area (Å²) in [5.74, 6) is 0.818. The Balaban J connectivity index is 2.49. The van der Waals surface area contributed by atoms with Gasteiger partial charge in [-0.05, 0) is 12.3 Å². The van der Waals surface area contributed by atoms with Crippen LogP contribution in [0, 0.1) is 0 Å². The molecule has 1 rings (SSSR count). The summed E-state index contributed by atoms with van der Waals surface area (Å²) in [4.78, 5) is 0. The topological polar surface area (TPSA) is 64.0 Å². The number of nitrogens with zero attached hydrogens (tertiary/aromatic N) is 2. The maximum atomic E-state index is 11.3. The lowest BCUT2D eigenvalue weighted by atomic mass is 10.1. The summed E-state index contributed by atoms with van der Waals surface area (Å²) in [7, 11) is -0.969. The number of hydrogen-bond acceptors (Lipinski definition) is 4. The highest BCUT2D eigenvalue weighted by Crippen LogP contribution is 2.21. The molecule has 1 heterocycles. The fourth-order valence-electron chi connectivity index (χ4n) is 1.73. The Bertz CT molecular complexity index is 478. The third kappa shape index (κ3) is 4.33. The molecule has 0 atom stereocenters. The zero-order chi connectivity index (χ0) is 13.8. The number of aromatic nitrogens is 2. The highest BCUT2D eigenvalue weighted by molar-refractivity contribution is 7.91. The minimum atomic E-state index is -2.86. The van der Waals surface area contributed by atoms with Crippen molar-refractivity contribution in [2.24, 2.45) is 7.05 Å². The molecule has 0 bridgehead atoms. The summed E-state index contributed by atoms with van der Waals surface area (Å²) in [6.45, 7) is 6.52. The molecule has 1 aromatic heterocycles. The van der Waals surface area contributed by atoms with E-state index in [1.165, 1.54) is 0 Å². The van der Waals surface area contributed by atoms with E-state index in [2.05, 4.69) is 24.3 Å². The number of rotatable bonds is 7. The van der Waals surface area contributed by atoms with Crippen molar-refractivity contribution in [3.05, 3.63) is 11.9 Å². The van der Waals surface area contributed by atoms with E-state index in [9.17, 15) is 8.42 Å². The highest BCUT2D eigenvalue weighted by atomic mass is 32.2. The van der Waals surface area contributed by atoms with Crippen LogP contribution in [0.25, 0.3) is 0 Å². The smallest absolute Gasteiger partial charge is 0.150 e. The molecule has 1 N–H and O–H groups in total. The van der Waals surface area contributed by atoms with Crippen LogP contribution in [-0.4, -0.2) is 36.2 Å². The second-order valence-electron chi connectivity index (χ2n) is 4.77. The summed E-state index contributed by atoms with van der Waals surface area (Å²) in [5.41, 5.74) is 2.03. The Morgan fingerprint density at radius 2 is 2.11 bits per heavy atom. The van der Waals surface area contributed by atoms with E-state index in [-0.39, 0.29) is 11.5 Å². The van der Waals surface area contributed by atoms with Crippen molar-refractivity contribution >= 4 is 15.5 Å². The number of anilines is 1. The molecule has 0 fully saturated rings. The van der Waals surface area contributed by atoms with Crippen LogP contribution in [0.4, 0.5) is 5.69 Å². The van der Waals surface area contributed by atoms with E-state index < -0.39 is 9.84 Å². The van der Waals surface area contributed by atoms with E-state index in [4.69, 9.17) is 0 Å². The van der Waals surface area contributed by atoms with Gasteiger partial charge in [0.05, 0.1) is 17.1 Å². The zero-order valence-electron chi connectivity index (χ0n) is 11.6. The molecule has 0 unspecified atom stereocenters. The van der Waals surface area contributed by atoms with Gasteiger partial charge in [-0.15, -0.1) is 0 Å². The minimum absolute atomic E-state index is 0.219. The van der Waals surface area contributed by atoms with Crippen LogP contribution in [0.5, 0.6) is 0 Å². The van der Waals surface area contributed by atoms with Gasteiger partial charge in [-0.25, -0.2) is 8.42 Å². The van der Waals surface area contributed by atoms with Crippen LogP contribution in [0.3, 0.4) is 0 Å². The van der Waals surface area contributed by atoms with Gasteiger partial charge >= 0.3 is 0 Å². The second-order valence-corrected chi connectivity index (χ2v) is 7.25. The Morgan fingerprint density at radius 1 is 1.44 bits per heavy atom. The molecule has 0 aliphatic heterocycles. The van der Waals surface area contributed by atoms with E-state index in [1.807, 2.05) is 13.2 Å². The zero-order valence-corrected chi connectivity index (χ0v) is 12.4. The molecule has 18 heavy (non-hydrogen) atoms. The molecule has 0 aromatic carbocycles. The van der Waals surface area contributed by atoms with Gasteiger partial charge in [-0.3, -0.25) is 4.68 Å². The van der Waals surface area contributed by atoms with Crippen LogP contribution in [0.1, 0.15) is 38.8 Å². The predicted octanol–water partition coefficient (Wildman–Crippen LogP) is 1.78. The first-order chi connectivity index (χ1) is 8.35. The van der Waals surface area contributed by atoms with Gasteiger partial charge in [-0.2, -0.15) is 5.10 Å². The predicted molar refractivity (Wildman–Crippen MR) is 74.7 cm³/mol. The van der Waals surface area contributed by atoms with Gasteiger partial charge in [0.2, 0.25) is 0 Å². The first-order valence-electron chi connectivity index (χ1n) is 6.33. The first kappa shape index (κ1) is 15.0. The Morgan fingerprint density at radius 3 is 2.67 bits per heavy atom. The summed E-state index contributed by atoms with van der Waals surface area (Å²) in [6, 6.07) is 0. The third-order valence-corrected chi connectivity index (χ3v) is 4.58. The van der Waals surface area contributed by atoms with E-state index in [0.29, 0.717) is 18.9 Å². The summed E-state index contributed by atoms with van der Waals surface area (Å²) in [5, 5.41) is 7.65. The van der Waals surface area contributed by atoms with Crippen LogP contribution in [-0.2, 0) is 16.9 Å². The van der Waals surface area contributed by atoms with Gasteiger partial charge in [0.25, 0.3) is 0 Å². The standard InChI is InChI=1S/C12H23N3O2S/c1-5-18(16,17)8-6-7-13-11-9-15(4)14-12(11)10(2)3/h9-10,13H,5-8H2,1-4H3. The molecule has 1 aromatic rings. The molecule has 0 radical (unpaired) electrons. The van der Waals surface area contributed by atoms with Crippen molar-refractivity contribution in [1.82, 2.24) is 9.78 Å². The maximum Gasteiger partial charge on any atom is 0.150 e. The Labute approximate surface area is 109 Å². The normalized spacial score (nSPS) is 12.1. The van der Waals surface area contributed by atoms with E-state index in [0.717, 1.165) is 11.4 Å². The van der Waals surface area contributed by atoms with Crippen molar-refractivity contribution in [3.63, 3.8) is 0 Å². The number of aryl methyl sites for hydroxylation is 1. The molecule has 0 aliphatic carbocycles. The number of nitrogens with one attached hydrogen (secondary N) is 1. The average Bonchev–Trinajstić information content (AvgIpc) is 2.66. The van der Waals surface area contributed by atoms with Gasteiger partial charge in [0.15, 0.2) is 0 Å². The van der Waals surface area contributed by atoms with Crippen molar-refractivity contribution in [1.29, 1.82) is 0 Å². The minimum Gasteiger partial charge on any atom is -0.382 e. The molecule has 0 saturated heterocycles. The molecular formula is C12H23N3O2S. The number of hydrogen-bond donors (Lipinski definition) is 1. The lowest BCUT2D eigenvalue weighted by molar-refractivity contribution is 0.595. The van der Waals surface area contributed by atoms with Gasteiger partial charge in [0.1, 0.15) is 9.84 Å². The Kier molecular flexibility index (Phi) is 5.19. The van der Waals surface area contributed by atoms with Crippen molar-refractivity contribution in [3.8, 4) is 0 Å². The molecule has 0 amide bonds. The molecule has 0 aliphatic rings. The van der Waals surface area contributed by atoms with Gasteiger partial charge in [0, 0.05) is 25.5 Å². The van der Waals surface area contributed by atoms with Crippen LogP contribution in [0.15, 0.2) is 6.20 Å². The van der Waals surface area contributed by atoms with Crippen LogP contribution < -0.4 is 5.32 Å². The number of sulfone groups is 1. The van der Waals surface area contributed by atoms with Gasteiger partial charge in [-0.1, -0.05) is 20.8 Å². The summed E-state index contributed by atoms with van der Waals surface area (Å²) in [6.07, 6.45) is 2.56. The fraction of sp³-hybridized carbons (Fsp3) is 0.750. The molecule has 0 spiro atoms. The monoisotopic (exact) mass is 273 g/mol. The summed E-state index contributed by atoms with van der Waals surface area (Å²) < 4.78 is 24.5. The lowest BCUT2D eigenvalue weighted by Gasteiger charge is -2.08. The highest BCUT2D eigenvalue weighted by Gasteiger charge is 2.11. The largest absolute Gasteiger partial charge is 0.382 e. The van der Waals surface area contributed by atoms with E-state index >= 15 is 0 Å². The quantitative estimate of drug-likeness (QED) is 0.769. The summed E-state index contributed by atoms with van der Waals surface area (Å²) >= 11 is 0. The lowest BCUT2D eigenvalue weighted by Crippen LogP contribution is -2.13. The molecule has 5 nitrogen and oxygen atoms in total. The maximum absolute atomic E-state index is 11.3. The van der Waals surface area contributed by atoms with Crippen molar-refractivity contribution in [2.75, 3.05) is 23.4 Å². The van der Waals surface area contributed by atoms with E-state index in [1.54, 1.807) is 11.6 Å². The SMILES string of the molecule is CCS(=O)(=O)CCCNc1cn(C)nc1C(C)C. The Hall–Kier alpha value is -1.04. The first-order valence-corrected chi connectivity index (χ1v) is 8.15. The van der Waals surface area contributed by atoms with Crippen LogP contribution in [0.2, 0.25) is 0 Å².